The van der Waals surface area contributed by atoms with Crippen LogP contribution in [0.4, 0.5) is 8.78 Å². The molecular formula is C22H23F2NO4. The highest BCUT2D eigenvalue weighted by Crippen LogP contribution is 2.40. The topological polar surface area (TPSA) is 65.5 Å². The molecule has 0 spiro atoms. The van der Waals surface area contributed by atoms with Gasteiger partial charge in [-0.2, -0.15) is 9.37 Å². The van der Waals surface area contributed by atoms with Crippen LogP contribution in [0.25, 0.3) is 0 Å². The van der Waals surface area contributed by atoms with Crippen LogP contribution >= 0.6 is 0 Å². The molecule has 1 aliphatic rings. The Morgan fingerprint density at radius 2 is 1.66 bits per heavy atom. The summed E-state index contributed by atoms with van der Waals surface area (Å²) in [6.45, 7) is 8.47. The number of ether oxygens (including phenoxy) is 2. The minimum Gasteiger partial charge on any atom is -0.439 e. The van der Waals surface area contributed by atoms with Crippen molar-refractivity contribution < 1.29 is 27.8 Å². The number of benzene rings is 1. The van der Waals surface area contributed by atoms with Crippen molar-refractivity contribution >= 4 is 11.6 Å². The van der Waals surface area contributed by atoms with Crippen LogP contribution in [0.5, 0.6) is 11.6 Å². The van der Waals surface area contributed by atoms with E-state index >= 15 is 0 Å². The Balaban J connectivity index is 2.07. The van der Waals surface area contributed by atoms with E-state index in [1.165, 1.54) is 0 Å². The van der Waals surface area contributed by atoms with E-state index in [1.807, 2.05) is 6.92 Å². The fraction of sp³-hybridized carbons (Fsp3) is 0.409. The van der Waals surface area contributed by atoms with Gasteiger partial charge in [-0.15, -0.1) is 0 Å². The van der Waals surface area contributed by atoms with Crippen LogP contribution in [-0.4, -0.2) is 27.8 Å². The Bertz CT molecular complexity index is 939. The van der Waals surface area contributed by atoms with E-state index < -0.39 is 28.9 Å². The van der Waals surface area contributed by atoms with Gasteiger partial charge in [-0.3, -0.25) is 9.59 Å². The van der Waals surface area contributed by atoms with Gasteiger partial charge in [0.2, 0.25) is 11.8 Å². The monoisotopic (exact) mass is 403 g/mol. The molecular weight excluding hydrogens is 380 g/mol. The number of pyridine rings is 1. The van der Waals surface area contributed by atoms with E-state index in [4.69, 9.17) is 9.47 Å². The second-order valence-corrected chi connectivity index (χ2v) is 8.05. The third-order valence-electron chi connectivity index (χ3n) is 4.99. The van der Waals surface area contributed by atoms with Crippen molar-refractivity contribution in [3.8, 4) is 11.6 Å². The molecule has 0 amide bonds. The molecule has 29 heavy (non-hydrogen) atoms. The molecule has 0 radical (unpaired) electrons. The lowest BCUT2D eigenvalue weighted by Gasteiger charge is -2.43. The Morgan fingerprint density at radius 1 is 1.03 bits per heavy atom. The van der Waals surface area contributed by atoms with E-state index in [0.717, 1.165) is 11.6 Å². The molecule has 5 nitrogen and oxygen atoms in total. The third-order valence-corrected chi connectivity index (χ3v) is 4.99. The minimum atomic E-state index is -1.14. The third kappa shape index (κ3) is 4.05. The number of ketones is 2. The lowest BCUT2D eigenvalue weighted by Crippen LogP contribution is -2.58. The number of halogens is 2. The Morgan fingerprint density at radius 3 is 2.21 bits per heavy atom. The molecule has 1 fully saturated rings. The Kier molecular flexibility index (Phi) is 5.30. The number of nitrogens with zero attached hydrogens (tertiary/aromatic N) is 1. The van der Waals surface area contributed by atoms with Crippen LogP contribution in [0.15, 0.2) is 30.3 Å². The van der Waals surface area contributed by atoms with Crippen molar-refractivity contribution in [1.29, 1.82) is 0 Å². The number of hydrogen-bond acceptors (Lipinski definition) is 5. The summed E-state index contributed by atoms with van der Waals surface area (Å²) in [5, 5.41) is 0. The molecule has 154 valence electrons. The molecule has 0 bridgehead atoms. The van der Waals surface area contributed by atoms with Crippen molar-refractivity contribution in [3.63, 3.8) is 0 Å². The van der Waals surface area contributed by atoms with Crippen molar-refractivity contribution in [1.82, 2.24) is 4.98 Å². The van der Waals surface area contributed by atoms with Gasteiger partial charge in [-0.1, -0.05) is 13.0 Å². The minimum absolute atomic E-state index is 0.220. The smallest absolute Gasteiger partial charge is 0.224 e. The summed E-state index contributed by atoms with van der Waals surface area (Å²) >= 11 is 0. The fourth-order valence-corrected chi connectivity index (χ4v) is 3.68. The summed E-state index contributed by atoms with van der Waals surface area (Å²) in [7, 11) is 0. The molecule has 7 heteroatoms. The van der Waals surface area contributed by atoms with E-state index in [2.05, 4.69) is 4.98 Å². The first-order chi connectivity index (χ1) is 13.4. The van der Waals surface area contributed by atoms with Gasteiger partial charge in [0.15, 0.2) is 11.6 Å². The van der Waals surface area contributed by atoms with E-state index in [9.17, 15) is 18.4 Å². The first-order valence-electron chi connectivity index (χ1n) is 9.37. The first-order valence-corrected chi connectivity index (χ1v) is 9.37. The summed E-state index contributed by atoms with van der Waals surface area (Å²) in [4.78, 5) is 29.7. The predicted molar refractivity (Wildman–Crippen MR) is 102 cm³/mol. The van der Waals surface area contributed by atoms with Crippen LogP contribution in [-0.2, 0) is 20.7 Å². The quantitative estimate of drug-likeness (QED) is 0.555. The molecule has 0 aliphatic carbocycles. The maximum atomic E-state index is 13.4. The van der Waals surface area contributed by atoms with Crippen LogP contribution in [0.2, 0.25) is 0 Å². The fourth-order valence-electron chi connectivity index (χ4n) is 3.68. The maximum Gasteiger partial charge on any atom is 0.224 e. The molecule has 1 aliphatic heterocycles. The van der Waals surface area contributed by atoms with Gasteiger partial charge >= 0.3 is 0 Å². The highest BCUT2D eigenvalue weighted by molar-refractivity contribution is 6.15. The lowest BCUT2D eigenvalue weighted by atomic mass is 9.73. The zero-order valence-corrected chi connectivity index (χ0v) is 17.0. The number of aromatic nitrogens is 1. The second kappa shape index (κ2) is 7.30. The highest BCUT2D eigenvalue weighted by Gasteiger charge is 2.53. The molecule has 0 unspecified atom stereocenters. The van der Waals surface area contributed by atoms with Crippen molar-refractivity contribution in [2.45, 2.75) is 58.2 Å². The number of aryl methyl sites for hydroxylation is 1. The van der Waals surface area contributed by atoms with Gasteiger partial charge in [0.25, 0.3) is 0 Å². The lowest BCUT2D eigenvalue weighted by molar-refractivity contribution is -0.184. The van der Waals surface area contributed by atoms with Crippen LogP contribution in [0.3, 0.4) is 0 Å². The first kappa shape index (κ1) is 21.0. The predicted octanol–water partition coefficient (Wildman–Crippen LogP) is 4.52. The van der Waals surface area contributed by atoms with Crippen LogP contribution in [0.1, 0.15) is 51.7 Å². The van der Waals surface area contributed by atoms with Gasteiger partial charge in [-0.05, 0) is 57.4 Å². The second-order valence-electron chi connectivity index (χ2n) is 8.05. The largest absolute Gasteiger partial charge is 0.439 e. The SMILES string of the molecule is CCc1ccc(Oc2cc(F)cc(F)n2)cc1C1C(=O)C(C)(C)OC(C)(C)C1=O. The van der Waals surface area contributed by atoms with Gasteiger partial charge in [0.05, 0.1) is 0 Å². The van der Waals surface area contributed by atoms with E-state index in [-0.39, 0.29) is 23.2 Å². The van der Waals surface area contributed by atoms with Crippen LogP contribution < -0.4 is 4.74 Å². The summed E-state index contributed by atoms with van der Waals surface area (Å²) in [6.07, 6.45) is 0.585. The Labute approximate surface area is 168 Å². The zero-order chi connectivity index (χ0) is 21.6. The molecule has 0 atom stereocenters. The van der Waals surface area contributed by atoms with E-state index in [0.29, 0.717) is 18.1 Å². The van der Waals surface area contributed by atoms with Gasteiger partial charge in [-0.25, -0.2) is 4.39 Å². The highest BCUT2D eigenvalue weighted by atomic mass is 19.1. The van der Waals surface area contributed by atoms with Crippen molar-refractivity contribution in [2.24, 2.45) is 0 Å². The maximum absolute atomic E-state index is 13.4. The van der Waals surface area contributed by atoms with Crippen molar-refractivity contribution in [3.05, 3.63) is 53.2 Å². The van der Waals surface area contributed by atoms with Crippen molar-refractivity contribution in [2.75, 3.05) is 0 Å². The van der Waals surface area contributed by atoms with Gasteiger partial charge in [0.1, 0.15) is 28.7 Å². The molecule has 3 rings (SSSR count). The average molecular weight is 403 g/mol. The number of carbonyl (C=O) groups is 2. The standard InChI is InChI=1S/C22H23F2NO4/c1-6-12-7-8-14(28-17-10-13(23)9-16(24)25-17)11-15(12)18-19(26)21(2,3)29-22(4,5)20(18)27/h7-11,18H,6H2,1-5H3. The summed E-state index contributed by atoms with van der Waals surface area (Å²) in [5.74, 6) is -3.59. The number of Topliss-reactive ketones (excluding diaryl/α,β-unsaturated/α-hetero) is 2. The van der Waals surface area contributed by atoms with Crippen LogP contribution in [0, 0.1) is 11.8 Å². The molecule has 1 aromatic heterocycles. The molecule has 1 saturated heterocycles. The molecule has 0 saturated carbocycles. The summed E-state index contributed by atoms with van der Waals surface area (Å²) in [5.41, 5.74) is -0.980. The number of rotatable bonds is 4. The number of carbonyl (C=O) groups excluding carboxylic acids is 2. The molecule has 2 aromatic rings. The number of hydrogen-bond donors (Lipinski definition) is 0. The van der Waals surface area contributed by atoms with Gasteiger partial charge < -0.3 is 9.47 Å². The summed E-state index contributed by atoms with van der Waals surface area (Å²) < 4.78 is 38.0. The Hall–Kier alpha value is -2.67. The average Bonchev–Trinajstić information content (AvgIpc) is 2.59. The summed E-state index contributed by atoms with van der Waals surface area (Å²) in [6, 6.07) is 6.49. The van der Waals surface area contributed by atoms with Gasteiger partial charge in [0, 0.05) is 12.1 Å². The normalized spacial score (nSPS) is 18.7. The molecule has 1 aromatic carbocycles. The molecule has 2 heterocycles. The molecule has 0 N–H and O–H groups in total. The van der Waals surface area contributed by atoms with E-state index in [1.54, 1.807) is 45.9 Å². The zero-order valence-electron chi connectivity index (χ0n) is 17.0.